The number of ether oxygens (including phenoxy) is 1. The lowest BCUT2D eigenvalue weighted by atomic mass is 10.1. The van der Waals surface area contributed by atoms with E-state index in [-0.39, 0.29) is 11.3 Å². The second-order valence-electron chi connectivity index (χ2n) is 4.16. The molecule has 0 saturated carbocycles. The fourth-order valence-corrected chi connectivity index (χ4v) is 1.88. The van der Waals surface area contributed by atoms with E-state index >= 15 is 0 Å². The van der Waals surface area contributed by atoms with Crippen LogP contribution in [0.15, 0.2) is 42.5 Å². The van der Waals surface area contributed by atoms with Crippen molar-refractivity contribution in [3.05, 3.63) is 64.2 Å². The van der Waals surface area contributed by atoms with Gasteiger partial charge in [-0.2, -0.15) is 0 Å². The van der Waals surface area contributed by atoms with Gasteiger partial charge in [0.15, 0.2) is 0 Å². The normalized spacial score (nSPS) is 10.2. The molecule has 2 aromatic carbocycles. The highest BCUT2D eigenvalue weighted by Crippen LogP contribution is 2.24. The van der Waals surface area contributed by atoms with Gasteiger partial charge < -0.3 is 9.84 Å². The smallest absolute Gasteiger partial charge is 0.339 e. The summed E-state index contributed by atoms with van der Waals surface area (Å²) >= 11 is 5.86. The Bertz CT molecular complexity index is 608. The molecule has 0 aromatic heterocycles. The van der Waals surface area contributed by atoms with Crippen molar-refractivity contribution in [2.75, 3.05) is 0 Å². The van der Waals surface area contributed by atoms with Gasteiger partial charge in [0, 0.05) is 5.02 Å². The van der Waals surface area contributed by atoms with Gasteiger partial charge in [-0.15, -0.1) is 0 Å². The van der Waals surface area contributed by atoms with Crippen LogP contribution in [-0.2, 0) is 6.61 Å². The molecule has 1 N–H and O–H groups in total. The lowest BCUT2D eigenvalue weighted by Crippen LogP contribution is -2.04. The summed E-state index contributed by atoms with van der Waals surface area (Å²) in [6, 6.07) is 12.3. The van der Waals surface area contributed by atoms with Crippen molar-refractivity contribution >= 4 is 17.6 Å². The van der Waals surface area contributed by atoms with E-state index in [1.807, 2.05) is 31.2 Å². The number of rotatable bonds is 4. The SMILES string of the molecule is Cc1ccccc1COc1cc(Cl)ccc1C(=O)O. The van der Waals surface area contributed by atoms with E-state index < -0.39 is 5.97 Å². The molecule has 2 aromatic rings. The van der Waals surface area contributed by atoms with E-state index in [1.165, 1.54) is 18.2 Å². The molecule has 0 aliphatic heterocycles. The minimum Gasteiger partial charge on any atom is -0.488 e. The second-order valence-corrected chi connectivity index (χ2v) is 4.60. The highest BCUT2D eigenvalue weighted by Gasteiger charge is 2.12. The van der Waals surface area contributed by atoms with Crippen LogP contribution in [0.5, 0.6) is 5.75 Å². The zero-order valence-corrected chi connectivity index (χ0v) is 11.1. The van der Waals surface area contributed by atoms with Crippen molar-refractivity contribution in [1.82, 2.24) is 0 Å². The zero-order chi connectivity index (χ0) is 13.8. The third kappa shape index (κ3) is 3.26. The lowest BCUT2D eigenvalue weighted by molar-refractivity contribution is 0.0692. The predicted octanol–water partition coefficient (Wildman–Crippen LogP) is 3.93. The summed E-state index contributed by atoms with van der Waals surface area (Å²) in [5.74, 6) is -0.750. The van der Waals surface area contributed by atoms with Gasteiger partial charge >= 0.3 is 5.97 Å². The Hall–Kier alpha value is -2.00. The Balaban J connectivity index is 2.22. The van der Waals surface area contributed by atoms with Crippen LogP contribution in [0.1, 0.15) is 21.5 Å². The van der Waals surface area contributed by atoms with Gasteiger partial charge in [-0.25, -0.2) is 4.79 Å². The van der Waals surface area contributed by atoms with Gasteiger partial charge in [0.1, 0.15) is 17.9 Å². The second kappa shape index (κ2) is 5.76. The van der Waals surface area contributed by atoms with E-state index in [1.54, 1.807) is 0 Å². The van der Waals surface area contributed by atoms with Crippen molar-refractivity contribution in [3.63, 3.8) is 0 Å². The van der Waals surface area contributed by atoms with E-state index in [0.717, 1.165) is 11.1 Å². The number of aromatic carboxylic acids is 1. The molecule has 0 unspecified atom stereocenters. The van der Waals surface area contributed by atoms with Crippen molar-refractivity contribution in [3.8, 4) is 5.75 Å². The first-order valence-corrected chi connectivity index (χ1v) is 6.16. The van der Waals surface area contributed by atoms with Gasteiger partial charge in [-0.1, -0.05) is 35.9 Å². The molecule has 0 bridgehead atoms. The monoisotopic (exact) mass is 276 g/mol. The molecule has 0 spiro atoms. The average molecular weight is 277 g/mol. The molecule has 0 aliphatic rings. The molecule has 98 valence electrons. The Morgan fingerprint density at radius 1 is 1.26 bits per heavy atom. The summed E-state index contributed by atoms with van der Waals surface area (Å²) < 4.78 is 5.58. The number of halogens is 1. The number of hydrogen-bond donors (Lipinski definition) is 1. The molecular formula is C15H13ClO3. The molecule has 0 heterocycles. The van der Waals surface area contributed by atoms with Crippen LogP contribution in [0.25, 0.3) is 0 Å². The van der Waals surface area contributed by atoms with Crippen molar-refractivity contribution in [2.24, 2.45) is 0 Å². The summed E-state index contributed by atoms with van der Waals surface area (Å²) in [7, 11) is 0. The minimum absolute atomic E-state index is 0.109. The summed E-state index contributed by atoms with van der Waals surface area (Å²) in [6.45, 7) is 2.29. The third-order valence-corrected chi connectivity index (χ3v) is 3.05. The number of carboxylic acid groups (broad SMARTS) is 1. The van der Waals surface area contributed by atoms with E-state index in [4.69, 9.17) is 21.4 Å². The van der Waals surface area contributed by atoms with Crippen LogP contribution in [0.2, 0.25) is 5.02 Å². The minimum atomic E-state index is -1.03. The number of benzene rings is 2. The Morgan fingerprint density at radius 3 is 2.68 bits per heavy atom. The molecule has 0 amide bonds. The van der Waals surface area contributed by atoms with Gasteiger partial charge in [0.25, 0.3) is 0 Å². The molecule has 0 atom stereocenters. The molecule has 19 heavy (non-hydrogen) atoms. The van der Waals surface area contributed by atoms with Gasteiger partial charge in [-0.05, 0) is 36.2 Å². The predicted molar refractivity (Wildman–Crippen MR) is 73.9 cm³/mol. The fraction of sp³-hybridized carbons (Fsp3) is 0.133. The van der Waals surface area contributed by atoms with E-state index in [2.05, 4.69) is 0 Å². The van der Waals surface area contributed by atoms with Crippen molar-refractivity contribution in [1.29, 1.82) is 0 Å². The van der Waals surface area contributed by atoms with Crippen LogP contribution in [0, 0.1) is 6.92 Å². The first kappa shape index (κ1) is 13.4. The fourth-order valence-electron chi connectivity index (χ4n) is 1.72. The first-order valence-electron chi connectivity index (χ1n) is 5.78. The Labute approximate surface area is 116 Å². The molecule has 4 heteroatoms. The summed E-state index contributed by atoms with van der Waals surface area (Å²) in [6.07, 6.45) is 0. The molecule has 3 nitrogen and oxygen atoms in total. The van der Waals surface area contributed by atoms with E-state index in [0.29, 0.717) is 11.6 Å². The maximum Gasteiger partial charge on any atom is 0.339 e. The maximum atomic E-state index is 11.1. The van der Waals surface area contributed by atoms with Crippen LogP contribution < -0.4 is 4.74 Å². The number of aryl methyl sites for hydroxylation is 1. The molecular weight excluding hydrogens is 264 g/mol. The zero-order valence-electron chi connectivity index (χ0n) is 10.4. The summed E-state index contributed by atoms with van der Waals surface area (Å²) in [5.41, 5.74) is 2.22. The molecule has 2 rings (SSSR count). The standard InChI is InChI=1S/C15H13ClO3/c1-10-4-2-3-5-11(10)9-19-14-8-12(16)6-7-13(14)15(17)18/h2-8H,9H2,1H3,(H,17,18). The summed E-state index contributed by atoms with van der Waals surface area (Å²) in [4.78, 5) is 11.1. The number of carbonyl (C=O) groups is 1. The van der Waals surface area contributed by atoms with E-state index in [9.17, 15) is 4.79 Å². The lowest BCUT2D eigenvalue weighted by Gasteiger charge is -2.11. The molecule has 0 saturated heterocycles. The van der Waals surface area contributed by atoms with Gasteiger partial charge in [0.05, 0.1) is 0 Å². The van der Waals surface area contributed by atoms with Crippen LogP contribution in [-0.4, -0.2) is 11.1 Å². The average Bonchev–Trinajstić information content (AvgIpc) is 2.37. The number of hydrogen-bond acceptors (Lipinski definition) is 2. The van der Waals surface area contributed by atoms with Crippen molar-refractivity contribution in [2.45, 2.75) is 13.5 Å². The highest BCUT2D eigenvalue weighted by atomic mass is 35.5. The van der Waals surface area contributed by atoms with Crippen molar-refractivity contribution < 1.29 is 14.6 Å². The van der Waals surface area contributed by atoms with Crippen LogP contribution >= 0.6 is 11.6 Å². The third-order valence-electron chi connectivity index (χ3n) is 2.82. The topological polar surface area (TPSA) is 46.5 Å². The first-order chi connectivity index (χ1) is 9.08. The quantitative estimate of drug-likeness (QED) is 0.920. The molecule has 0 aliphatic carbocycles. The summed E-state index contributed by atoms with van der Waals surface area (Å²) in [5, 5.41) is 9.53. The number of carboxylic acids is 1. The van der Waals surface area contributed by atoms with Gasteiger partial charge in [-0.3, -0.25) is 0 Å². The maximum absolute atomic E-state index is 11.1. The largest absolute Gasteiger partial charge is 0.488 e. The Kier molecular flexibility index (Phi) is 4.07. The molecule has 0 radical (unpaired) electrons. The van der Waals surface area contributed by atoms with Crippen LogP contribution in [0.3, 0.4) is 0 Å². The van der Waals surface area contributed by atoms with Gasteiger partial charge in [0.2, 0.25) is 0 Å². The molecule has 0 fully saturated rings. The highest BCUT2D eigenvalue weighted by molar-refractivity contribution is 6.30. The van der Waals surface area contributed by atoms with Crippen LogP contribution in [0.4, 0.5) is 0 Å². The Morgan fingerprint density at radius 2 is 2.00 bits per heavy atom.